The van der Waals surface area contributed by atoms with Gasteiger partial charge in [-0.15, -0.1) is 0 Å². The molecule has 1 unspecified atom stereocenters. The molecule has 3 N–H and O–H groups in total. The lowest BCUT2D eigenvalue weighted by Crippen LogP contribution is -2.28. The van der Waals surface area contributed by atoms with E-state index in [1.54, 1.807) is 31.0 Å². The van der Waals surface area contributed by atoms with Crippen molar-refractivity contribution in [1.29, 1.82) is 0 Å². The van der Waals surface area contributed by atoms with Crippen molar-refractivity contribution in [2.45, 2.75) is 25.8 Å². The summed E-state index contributed by atoms with van der Waals surface area (Å²) in [7, 11) is 1.62. The predicted molar refractivity (Wildman–Crippen MR) is 108 cm³/mol. The molecule has 6 heteroatoms. The SMILES string of the molecule is COc1ccc(C(=O)Nc2cccc(C3(C)CCSC(N)=N3)c2)cc1C. The molecule has 1 atom stereocenters. The molecule has 0 saturated carbocycles. The zero-order valence-electron chi connectivity index (χ0n) is 15.2. The van der Waals surface area contributed by atoms with Crippen LogP contribution >= 0.6 is 11.8 Å². The van der Waals surface area contributed by atoms with Crippen LogP contribution in [0.2, 0.25) is 0 Å². The molecule has 1 aliphatic heterocycles. The Morgan fingerprint density at radius 1 is 1.31 bits per heavy atom. The third kappa shape index (κ3) is 3.85. The van der Waals surface area contributed by atoms with Crippen LogP contribution in [0.1, 0.15) is 34.8 Å². The molecule has 5 nitrogen and oxygen atoms in total. The number of ether oxygens (including phenoxy) is 1. The molecule has 2 aromatic carbocycles. The number of nitrogens with one attached hydrogen (secondary N) is 1. The molecular weight excluding hydrogens is 346 g/mol. The number of carbonyl (C=O) groups is 1. The molecule has 1 heterocycles. The lowest BCUT2D eigenvalue weighted by molar-refractivity contribution is 0.102. The van der Waals surface area contributed by atoms with Crippen molar-refractivity contribution < 1.29 is 9.53 Å². The van der Waals surface area contributed by atoms with Crippen molar-refractivity contribution in [3.05, 3.63) is 59.2 Å². The molecule has 1 amide bonds. The topological polar surface area (TPSA) is 76.7 Å². The van der Waals surface area contributed by atoms with E-state index in [2.05, 4.69) is 17.2 Å². The van der Waals surface area contributed by atoms with Gasteiger partial charge < -0.3 is 15.8 Å². The smallest absolute Gasteiger partial charge is 0.255 e. The Morgan fingerprint density at radius 3 is 2.81 bits per heavy atom. The summed E-state index contributed by atoms with van der Waals surface area (Å²) in [5, 5.41) is 3.58. The van der Waals surface area contributed by atoms with E-state index in [-0.39, 0.29) is 11.4 Å². The molecule has 0 aliphatic carbocycles. The Hall–Kier alpha value is -2.47. The van der Waals surface area contributed by atoms with Gasteiger partial charge in [0.15, 0.2) is 5.17 Å². The average molecular weight is 369 g/mol. The minimum atomic E-state index is -0.354. The van der Waals surface area contributed by atoms with Crippen LogP contribution < -0.4 is 15.8 Å². The number of hydrogen-bond acceptors (Lipinski definition) is 5. The first-order valence-corrected chi connectivity index (χ1v) is 9.44. The Labute approximate surface area is 158 Å². The number of amidine groups is 1. The molecule has 0 radical (unpaired) electrons. The highest BCUT2D eigenvalue weighted by molar-refractivity contribution is 8.13. The number of nitrogens with zero attached hydrogens (tertiary/aromatic N) is 1. The Balaban J connectivity index is 1.82. The fraction of sp³-hybridized carbons (Fsp3) is 0.300. The van der Waals surface area contributed by atoms with Gasteiger partial charge in [0.05, 0.1) is 12.6 Å². The summed E-state index contributed by atoms with van der Waals surface area (Å²) < 4.78 is 5.24. The van der Waals surface area contributed by atoms with Gasteiger partial charge in [-0.05, 0) is 61.7 Å². The first-order chi connectivity index (χ1) is 12.4. The summed E-state index contributed by atoms with van der Waals surface area (Å²) in [4.78, 5) is 17.2. The van der Waals surface area contributed by atoms with Gasteiger partial charge >= 0.3 is 0 Å². The number of amides is 1. The zero-order chi connectivity index (χ0) is 18.7. The molecule has 3 rings (SSSR count). The highest BCUT2D eigenvalue weighted by atomic mass is 32.2. The van der Waals surface area contributed by atoms with E-state index >= 15 is 0 Å². The molecule has 0 bridgehead atoms. The number of nitrogens with two attached hydrogens (primary N) is 1. The maximum atomic E-state index is 12.6. The van der Waals surface area contributed by atoms with Crippen LogP contribution in [0, 0.1) is 6.92 Å². The molecule has 1 aliphatic rings. The van der Waals surface area contributed by atoms with Crippen molar-refractivity contribution in [2.75, 3.05) is 18.2 Å². The van der Waals surface area contributed by atoms with E-state index in [4.69, 9.17) is 10.5 Å². The number of carbonyl (C=O) groups excluding carboxylic acids is 1. The average Bonchev–Trinajstić information content (AvgIpc) is 2.61. The standard InChI is InChI=1S/C20H23N3O2S/c1-13-11-14(7-8-17(13)25-3)18(24)22-16-6-4-5-15(12-16)20(2)9-10-26-19(21)23-20/h4-8,11-12H,9-10H2,1-3H3,(H2,21,23)(H,22,24). The van der Waals surface area contributed by atoms with Crippen molar-refractivity contribution in [1.82, 2.24) is 0 Å². The van der Waals surface area contributed by atoms with Crippen LogP contribution in [0.4, 0.5) is 5.69 Å². The van der Waals surface area contributed by atoms with Crippen molar-refractivity contribution in [3.63, 3.8) is 0 Å². The number of anilines is 1. The number of methoxy groups -OCH3 is 1. The number of aliphatic imine (C=N–C) groups is 1. The molecule has 136 valence electrons. The fourth-order valence-electron chi connectivity index (χ4n) is 3.05. The molecule has 0 aromatic heterocycles. The highest BCUT2D eigenvalue weighted by Crippen LogP contribution is 2.35. The van der Waals surface area contributed by atoms with Gasteiger partial charge in [0.2, 0.25) is 0 Å². The van der Waals surface area contributed by atoms with Crippen LogP contribution in [0.15, 0.2) is 47.5 Å². The number of benzene rings is 2. The second kappa shape index (κ2) is 7.41. The van der Waals surface area contributed by atoms with Gasteiger partial charge in [-0.25, -0.2) is 0 Å². The minimum absolute atomic E-state index is 0.153. The predicted octanol–water partition coefficient (Wildman–Crippen LogP) is 3.92. The molecule has 26 heavy (non-hydrogen) atoms. The molecular formula is C20H23N3O2S. The maximum Gasteiger partial charge on any atom is 0.255 e. The molecule has 0 saturated heterocycles. The third-order valence-electron chi connectivity index (χ3n) is 4.60. The van der Waals surface area contributed by atoms with E-state index < -0.39 is 0 Å². The van der Waals surface area contributed by atoms with E-state index in [0.29, 0.717) is 10.7 Å². The van der Waals surface area contributed by atoms with Crippen LogP contribution in [0.25, 0.3) is 0 Å². The summed E-state index contributed by atoms with van der Waals surface area (Å²) in [6, 6.07) is 13.2. The second-order valence-corrected chi connectivity index (χ2v) is 7.66. The third-order valence-corrected chi connectivity index (χ3v) is 5.39. The van der Waals surface area contributed by atoms with Crippen molar-refractivity contribution >= 4 is 28.5 Å². The lowest BCUT2D eigenvalue weighted by atomic mass is 9.89. The number of thioether (sulfide) groups is 1. The maximum absolute atomic E-state index is 12.6. The summed E-state index contributed by atoms with van der Waals surface area (Å²) in [5.74, 6) is 1.55. The quantitative estimate of drug-likeness (QED) is 0.856. The summed E-state index contributed by atoms with van der Waals surface area (Å²) in [6.45, 7) is 3.99. The summed E-state index contributed by atoms with van der Waals surface area (Å²) in [6.07, 6.45) is 0.910. The minimum Gasteiger partial charge on any atom is -0.496 e. The number of aryl methyl sites for hydroxylation is 1. The largest absolute Gasteiger partial charge is 0.496 e. The van der Waals surface area contributed by atoms with E-state index in [0.717, 1.165) is 34.7 Å². The Kier molecular flexibility index (Phi) is 5.23. The van der Waals surface area contributed by atoms with E-state index in [1.165, 1.54) is 0 Å². The summed E-state index contributed by atoms with van der Waals surface area (Å²) >= 11 is 1.58. The van der Waals surface area contributed by atoms with Gasteiger partial charge in [0, 0.05) is 17.0 Å². The van der Waals surface area contributed by atoms with Crippen molar-refractivity contribution in [2.24, 2.45) is 10.7 Å². The molecule has 2 aromatic rings. The Bertz CT molecular complexity index is 866. The zero-order valence-corrected chi connectivity index (χ0v) is 16.0. The normalized spacial score (nSPS) is 19.6. The van der Waals surface area contributed by atoms with Gasteiger partial charge in [-0.2, -0.15) is 0 Å². The van der Waals surface area contributed by atoms with Crippen molar-refractivity contribution in [3.8, 4) is 5.75 Å². The molecule has 0 fully saturated rings. The fourth-order valence-corrected chi connectivity index (χ4v) is 4.02. The van der Waals surface area contributed by atoms with Gasteiger partial charge in [0.1, 0.15) is 5.75 Å². The first kappa shape index (κ1) is 18.3. The van der Waals surface area contributed by atoms with Gasteiger partial charge in [-0.3, -0.25) is 9.79 Å². The summed E-state index contributed by atoms with van der Waals surface area (Å²) in [5.41, 5.74) is 8.87. The van der Waals surface area contributed by atoms with Crippen LogP contribution in [0.3, 0.4) is 0 Å². The van der Waals surface area contributed by atoms with Gasteiger partial charge in [-0.1, -0.05) is 23.9 Å². The lowest BCUT2D eigenvalue weighted by Gasteiger charge is -2.30. The monoisotopic (exact) mass is 369 g/mol. The van der Waals surface area contributed by atoms with Gasteiger partial charge in [0.25, 0.3) is 5.91 Å². The number of hydrogen-bond donors (Lipinski definition) is 2. The van der Waals surface area contributed by atoms with Crippen LogP contribution in [-0.4, -0.2) is 23.9 Å². The van der Waals surface area contributed by atoms with E-state index in [9.17, 15) is 4.79 Å². The van der Waals surface area contributed by atoms with E-state index in [1.807, 2.05) is 37.3 Å². The molecule has 0 spiro atoms. The van der Waals surface area contributed by atoms with Crippen LogP contribution in [0.5, 0.6) is 5.75 Å². The highest BCUT2D eigenvalue weighted by Gasteiger charge is 2.29. The first-order valence-electron chi connectivity index (χ1n) is 8.46. The number of rotatable bonds is 4. The van der Waals surface area contributed by atoms with Crippen LogP contribution in [-0.2, 0) is 5.54 Å². The second-order valence-electron chi connectivity index (χ2n) is 6.54. The Morgan fingerprint density at radius 2 is 2.12 bits per heavy atom.